The lowest BCUT2D eigenvalue weighted by Gasteiger charge is -2.31. The van der Waals surface area contributed by atoms with Crippen LogP contribution in [0.25, 0.3) is 0 Å². The number of nitrogens with zero attached hydrogens (tertiary/aromatic N) is 3. The predicted octanol–water partition coefficient (Wildman–Crippen LogP) is 1.97. The number of likely N-dealkylation sites (N-methyl/N-ethyl adjacent to an activating group) is 1. The smallest absolute Gasteiger partial charge is 0.271 e. The Kier molecular flexibility index (Phi) is 8.09. The van der Waals surface area contributed by atoms with Crippen LogP contribution in [0.15, 0.2) is 42.5 Å². The van der Waals surface area contributed by atoms with Gasteiger partial charge in [0.25, 0.3) is 5.69 Å². The molecule has 0 aliphatic rings. The Morgan fingerprint density at radius 2 is 1.79 bits per heavy atom. The quantitative estimate of drug-likeness (QED) is 0.431. The Hall–Kier alpha value is -3.54. The van der Waals surface area contributed by atoms with Gasteiger partial charge in [-0.3, -0.25) is 24.0 Å². The Morgan fingerprint density at radius 1 is 1.18 bits per heavy atom. The summed E-state index contributed by atoms with van der Waals surface area (Å²) in [5.41, 5.74) is 0.578. The van der Waals surface area contributed by atoms with Crippen molar-refractivity contribution in [1.29, 1.82) is 0 Å². The highest BCUT2D eigenvalue weighted by Crippen LogP contribution is 2.28. The molecular formula is C21H25FN4O6S. The number of halogens is 1. The van der Waals surface area contributed by atoms with Crippen molar-refractivity contribution in [1.82, 2.24) is 10.2 Å². The fourth-order valence-electron chi connectivity index (χ4n) is 3.15. The van der Waals surface area contributed by atoms with Gasteiger partial charge in [0, 0.05) is 25.7 Å². The summed E-state index contributed by atoms with van der Waals surface area (Å²) in [5, 5.41) is 13.6. The highest BCUT2D eigenvalue weighted by molar-refractivity contribution is 7.92. The first-order chi connectivity index (χ1) is 15.3. The molecule has 0 saturated heterocycles. The van der Waals surface area contributed by atoms with E-state index in [0.717, 1.165) is 21.5 Å². The number of aryl methyl sites for hydroxylation is 1. The van der Waals surface area contributed by atoms with Gasteiger partial charge in [-0.15, -0.1) is 0 Å². The van der Waals surface area contributed by atoms with Gasteiger partial charge in [0.1, 0.15) is 18.4 Å². The van der Waals surface area contributed by atoms with Gasteiger partial charge in [-0.05, 0) is 37.1 Å². The number of hydrogen-bond acceptors (Lipinski definition) is 6. The van der Waals surface area contributed by atoms with Crippen LogP contribution in [0.2, 0.25) is 0 Å². The topological polar surface area (TPSA) is 130 Å². The lowest BCUT2D eigenvalue weighted by molar-refractivity contribution is -0.384. The lowest BCUT2D eigenvalue weighted by Crippen LogP contribution is -2.50. The van der Waals surface area contributed by atoms with Crippen LogP contribution >= 0.6 is 0 Å². The molecule has 0 aliphatic carbocycles. The first-order valence-corrected chi connectivity index (χ1v) is 11.7. The van der Waals surface area contributed by atoms with E-state index in [1.165, 1.54) is 50.4 Å². The predicted molar refractivity (Wildman–Crippen MR) is 121 cm³/mol. The van der Waals surface area contributed by atoms with E-state index in [4.69, 9.17) is 0 Å². The number of non-ortho nitro benzene ring substituents is 1. The third-order valence-corrected chi connectivity index (χ3v) is 6.16. The molecule has 0 aromatic heterocycles. The van der Waals surface area contributed by atoms with E-state index in [9.17, 15) is 32.5 Å². The molecule has 2 amide bonds. The van der Waals surface area contributed by atoms with Crippen molar-refractivity contribution in [2.75, 3.05) is 24.2 Å². The van der Waals surface area contributed by atoms with Gasteiger partial charge >= 0.3 is 0 Å². The molecule has 178 valence electrons. The molecule has 10 nitrogen and oxygen atoms in total. The monoisotopic (exact) mass is 480 g/mol. The molecule has 0 spiro atoms. The molecule has 0 unspecified atom stereocenters. The number of carbonyl (C=O) groups excluding carboxylic acids is 2. The normalized spacial score (nSPS) is 12.0. The van der Waals surface area contributed by atoms with Crippen molar-refractivity contribution in [2.24, 2.45) is 0 Å². The Bertz CT molecular complexity index is 1150. The Labute approximate surface area is 191 Å². The van der Waals surface area contributed by atoms with Gasteiger partial charge in [0.05, 0.1) is 16.9 Å². The number of nitro benzene ring substituents is 1. The molecule has 2 rings (SSSR count). The Balaban J connectivity index is 2.46. The molecule has 1 N–H and O–H groups in total. The number of hydrogen-bond donors (Lipinski definition) is 1. The standard InChI is InChI=1S/C21H25FN4O6S/c1-14-5-10-18(26(29)30)11-19(14)25(33(4,31)32)13-20(27)24(15(2)21(28)23-3)12-16-6-8-17(22)9-7-16/h5-11,15H,12-13H2,1-4H3,(H,23,28)/t15-/m1/s1. The van der Waals surface area contributed by atoms with Gasteiger partial charge in [-0.2, -0.15) is 0 Å². The van der Waals surface area contributed by atoms with Gasteiger partial charge in [-0.25, -0.2) is 12.8 Å². The number of nitrogens with one attached hydrogen (secondary N) is 1. The molecule has 1 atom stereocenters. The number of nitro groups is 1. The van der Waals surface area contributed by atoms with E-state index in [-0.39, 0.29) is 17.9 Å². The van der Waals surface area contributed by atoms with Gasteiger partial charge in [-0.1, -0.05) is 18.2 Å². The summed E-state index contributed by atoms with van der Waals surface area (Å²) in [6.45, 7) is 2.26. The molecule has 2 aromatic rings. The second kappa shape index (κ2) is 10.4. The minimum Gasteiger partial charge on any atom is -0.357 e. The van der Waals surface area contributed by atoms with Crippen LogP contribution in [-0.4, -0.2) is 55.9 Å². The number of carbonyl (C=O) groups is 2. The van der Waals surface area contributed by atoms with E-state index >= 15 is 0 Å². The average Bonchev–Trinajstić information content (AvgIpc) is 2.75. The molecule has 0 fully saturated rings. The number of anilines is 1. The van der Waals surface area contributed by atoms with Crippen molar-refractivity contribution < 1.29 is 27.3 Å². The number of benzene rings is 2. The fourth-order valence-corrected chi connectivity index (χ4v) is 4.05. The molecule has 12 heteroatoms. The zero-order valence-corrected chi connectivity index (χ0v) is 19.4. The van der Waals surface area contributed by atoms with Crippen LogP contribution in [0.3, 0.4) is 0 Å². The highest BCUT2D eigenvalue weighted by atomic mass is 32.2. The second-order valence-corrected chi connectivity index (χ2v) is 9.34. The summed E-state index contributed by atoms with van der Waals surface area (Å²) < 4.78 is 39.1. The molecular weight excluding hydrogens is 455 g/mol. The van der Waals surface area contributed by atoms with Gasteiger partial charge < -0.3 is 10.2 Å². The summed E-state index contributed by atoms with van der Waals surface area (Å²) in [6, 6.07) is 8.04. The highest BCUT2D eigenvalue weighted by Gasteiger charge is 2.30. The minimum atomic E-state index is -4.03. The Morgan fingerprint density at radius 3 is 2.30 bits per heavy atom. The van der Waals surface area contributed by atoms with Crippen LogP contribution in [0.4, 0.5) is 15.8 Å². The van der Waals surface area contributed by atoms with E-state index in [1.807, 2.05) is 0 Å². The van der Waals surface area contributed by atoms with E-state index in [1.54, 1.807) is 6.92 Å². The molecule has 0 bridgehead atoms. The molecule has 33 heavy (non-hydrogen) atoms. The van der Waals surface area contributed by atoms with Crippen LogP contribution in [0.1, 0.15) is 18.1 Å². The zero-order chi connectivity index (χ0) is 24.9. The third kappa shape index (κ3) is 6.48. The average molecular weight is 481 g/mol. The molecule has 0 aliphatic heterocycles. The summed E-state index contributed by atoms with van der Waals surface area (Å²) in [4.78, 5) is 37.2. The number of amides is 2. The van der Waals surface area contributed by atoms with Crippen LogP contribution in [0, 0.1) is 22.9 Å². The molecule has 2 aromatic carbocycles. The maximum atomic E-state index is 13.3. The van der Waals surface area contributed by atoms with Crippen LogP contribution in [-0.2, 0) is 26.2 Å². The lowest BCUT2D eigenvalue weighted by atomic mass is 10.1. The van der Waals surface area contributed by atoms with Crippen LogP contribution < -0.4 is 9.62 Å². The first-order valence-electron chi connectivity index (χ1n) is 9.83. The summed E-state index contributed by atoms with van der Waals surface area (Å²) in [6.07, 6.45) is 0.880. The van der Waals surface area contributed by atoms with E-state index in [0.29, 0.717) is 11.1 Å². The summed E-state index contributed by atoms with van der Waals surface area (Å²) in [7, 11) is -2.63. The minimum absolute atomic E-state index is 0.0191. The second-order valence-electron chi connectivity index (χ2n) is 7.44. The SMILES string of the molecule is CNC(=O)[C@@H](C)N(Cc1ccc(F)cc1)C(=O)CN(c1cc([N+](=O)[O-])ccc1C)S(C)(=O)=O. The largest absolute Gasteiger partial charge is 0.357 e. The number of rotatable bonds is 9. The van der Waals surface area contributed by atoms with Crippen molar-refractivity contribution >= 4 is 33.2 Å². The zero-order valence-electron chi connectivity index (χ0n) is 18.6. The van der Waals surface area contributed by atoms with Crippen LogP contribution in [0.5, 0.6) is 0 Å². The van der Waals surface area contributed by atoms with Crippen molar-refractivity contribution in [3.8, 4) is 0 Å². The summed E-state index contributed by atoms with van der Waals surface area (Å²) >= 11 is 0. The van der Waals surface area contributed by atoms with Gasteiger partial charge in [0.15, 0.2) is 0 Å². The first kappa shape index (κ1) is 25.7. The fraction of sp³-hybridized carbons (Fsp3) is 0.333. The maximum Gasteiger partial charge on any atom is 0.271 e. The van der Waals surface area contributed by atoms with Gasteiger partial charge in [0.2, 0.25) is 21.8 Å². The number of sulfonamides is 1. The molecule has 0 radical (unpaired) electrons. The van der Waals surface area contributed by atoms with Crippen molar-refractivity contribution in [3.63, 3.8) is 0 Å². The third-order valence-electron chi connectivity index (χ3n) is 5.03. The molecule has 0 heterocycles. The van der Waals surface area contributed by atoms with E-state index in [2.05, 4.69) is 5.32 Å². The van der Waals surface area contributed by atoms with E-state index < -0.39 is 45.2 Å². The van der Waals surface area contributed by atoms with Crippen molar-refractivity contribution in [2.45, 2.75) is 26.4 Å². The maximum absolute atomic E-state index is 13.3. The molecule has 0 saturated carbocycles. The van der Waals surface area contributed by atoms with Crippen molar-refractivity contribution in [3.05, 3.63) is 69.5 Å². The summed E-state index contributed by atoms with van der Waals surface area (Å²) in [5.74, 6) is -1.67.